The molecule has 20 heavy (non-hydrogen) atoms. The number of hydrogen-bond donors (Lipinski definition) is 1. The minimum absolute atomic E-state index is 0.0261. The maximum absolute atomic E-state index is 11.8. The Bertz CT molecular complexity index is 551. The molecule has 0 bridgehead atoms. The summed E-state index contributed by atoms with van der Waals surface area (Å²) in [6.07, 6.45) is 2.04. The van der Waals surface area contributed by atoms with Gasteiger partial charge in [-0.1, -0.05) is 6.58 Å². The Kier molecular flexibility index (Phi) is 6.20. The maximum Gasteiger partial charge on any atom is 0.330 e. The van der Waals surface area contributed by atoms with Crippen LogP contribution >= 0.6 is 0 Å². The van der Waals surface area contributed by atoms with Crippen molar-refractivity contribution >= 4 is 21.8 Å². The molecule has 2 N–H and O–H groups in total. The summed E-state index contributed by atoms with van der Waals surface area (Å²) in [4.78, 5) is 10.8. The van der Waals surface area contributed by atoms with Gasteiger partial charge in [-0.15, -0.1) is 0 Å². The third-order valence-corrected chi connectivity index (χ3v) is 3.68. The predicted molar refractivity (Wildman–Crippen MR) is 74.4 cm³/mol. The van der Waals surface area contributed by atoms with Gasteiger partial charge in [-0.3, -0.25) is 4.18 Å². The van der Waals surface area contributed by atoms with Crippen molar-refractivity contribution in [3.63, 3.8) is 0 Å². The van der Waals surface area contributed by atoms with Gasteiger partial charge in [0.05, 0.1) is 18.1 Å². The zero-order valence-electron chi connectivity index (χ0n) is 10.9. The maximum atomic E-state index is 11.8. The smallest absolute Gasteiger partial charge is 0.330 e. The van der Waals surface area contributed by atoms with Crippen molar-refractivity contribution < 1.29 is 22.1 Å². The van der Waals surface area contributed by atoms with Gasteiger partial charge in [0.1, 0.15) is 0 Å². The number of nitrogens with two attached hydrogens (primary N) is 1. The molecule has 0 unspecified atom stereocenters. The Balaban J connectivity index is 2.32. The Labute approximate surface area is 118 Å². The number of benzene rings is 1. The van der Waals surface area contributed by atoms with E-state index in [0.29, 0.717) is 18.5 Å². The van der Waals surface area contributed by atoms with Gasteiger partial charge in [0.25, 0.3) is 10.1 Å². The summed E-state index contributed by atoms with van der Waals surface area (Å²) in [7, 11) is -3.76. The Morgan fingerprint density at radius 3 is 2.40 bits per heavy atom. The number of unbranched alkanes of at least 4 members (excludes halogenated alkanes) is 1. The molecule has 0 aliphatic carbocycles. The summed E-state index contributed by atoms with van der Waals surface area (Å²) in [5.74, 6) is -0.500. The van der Waals surface area contributed by atoms with Crippen molar-refractivity contribution in [3.8, 4) is 0 Å². The molecule has 0 spiro atoms. The fraction of sp³-hybridized carbons (Fsp3) is 0.308. The van der Waals surface area contributed by atoms with Crippen LogP contribution in [0.1, 0.15) is 12.8 Å². The molecule has 0 aromatic heterocycles. The van der Waals surface area contributed by atoms with Crippen LogP contribution in [0.3, 0.4) is 0 Å². The standard InChI is InChI=1S/C13H17NO5S/c1-2-13(15)18-9-3-4-10-19-20(16,17)12-7-5-11(14)6-8-12/h2,5-8H,1,3-4,9-10,14H2. The fourth-order valence-corrected chi connectivity index (χ4v) is 2.25. The van der Waals surface area contributed by atoms with Crippen LogP contribution in [0.4, 0.5) is 5.69 Å². The quantitative estimate of drug-likeness (QED) is 0.257. The van der Waals surface area contributed by atoms with Crippen molar-refractivity contribution in [3.05, 3.63) is 36.9 Å². The van der Waals surface area contributed by atoms with Gasteiger partial charge in [-0.2, -0.15) is 8.42 Å². The molecule has 0 radical (unpaired) electrons. The zero-order chi connectivity index (χ0) is 15.0. The first kappa shape index (κ1) is 16.2. The van der Waals surface area contributed by atoms with E-state index in [2.05, 4.69) is 6.58 Å². The second-order valence-corrected chi connectivity index (χ2v) is 5.54. The van der Waals surface area contributed by atoms with Crippen LogP contribution in [0.5, 0.6) is 0 Å². The number of carbonyl (C=O) groups is 1. The van der Waals surface area contributed by atoms with E-state index in [1.54, 1.807) is 0 Å². The number of hydrogen-bond acceptors (Lipinski definition) is 6. The van der Waals surface area contributed by atoms with Gasteiger partial charge >= 0.3 is 5.97 Å². The second kappa shape index (κ2) is 7.66. The molecular weight excluding hydrogens is 282 g/mol. The van der Waals surface area contributed by atoms with Crippen LogP contribution < -0.4 is 5.73 Å². The highest BCUT2D eigenvalue weighted by molar-refractivity contribution is 7.86. The molecule has 0 amide bonds. The summed E-state index contributed by atoms with van der Waals surface area (Å²) < 4.78 is 33.1. The number of anilines is 1. The first-order valence-corrected chi connectivity index (χ1v) is 7.40. The predicted octanol–water partition coefficient (Wildman–Crippen LogP) is 1.48. The molecule has 110 valence electrons. The first-order valence-electron chi connectivity index (χ1n) is 6.00. The number of nitrogen functional groups attached to an aromatic ring is 1. The topological polar surface area (TPSA) is 95.7 Å². The van der Waals surface area contributed by atoms with E-state index in [1.165, 1.54) is 24.3 Å². The lowest BCUT2D eigenvalue weighted by molar-refractivity contribution is -0.137. The lowest BCUT2D eigenvalue weighted by Gasteiger charge is -2.06. The number of esters is 1. The van der Waals surface area contributed by atoms with E-state index >= 15 is 0 Å². The van der Waals surface area contributed by atoms with Gasteiger partial charge in [0.2, 0.25) is 0 Å². The van der Waals surface area contributed by atoms with Crippen molar-refractivity contribution in [2.24, 2.45) is 0 Å². The Hall–Kier alpha value is -1.86. The van der Waals surface area contributed by atoms with Crippen LogP contribution in [0.15, 0.2) is 41.8 Å². The van der Waals surface area contributed by atoms with Gasteiger partial charge in [-0.05, 0) is 37.1 Å². The molecule has 0 fully saturated rings. The minimum Gasteiger partial charge on any atom is -0.463 e. The molecule has 0 heterocycles. The van der Waals surface area contributed by atoms with Gasteiger partial charge in [-0.25, -0.2) is 4.79 Å². The lowest BCUT2D eigenvalue weighted by Crippen LogP contribution is -2.09. The van der Waals surface area contributed by atoms with Crippen molar-refractivity contribution in [1.29, 1.82) is 0 Å². The van der Waals surface area contributed by atoms with Gasteiger partial charge < -0.3 is 10.5 Å². The van der Waals surface area contributed by atoms with Crippen LogP contribution in [0.2, 0.25) is 0 Å². The molecular formula is C13H17NO5S. The molecule has 1 aromatic carbocycles. The van der Waals surface area contributed by atoms with E-state index < -0.39 is 16.1 Å². The second-order valence-electron chi connectivity index (χ2n) is 3.92. The van der Waals surface area contributed by atoms with Gasteiger partial charge in [0, 0.05) is 11.8 Å². The summed E-state index contributed by atoms with van der Waals surface area (Å²) in [6.45, 7) is 3.49. The minimum atomic E-state index is -3.76. The highest BCUT2D eigenvalue weighted by atomic mass is 32.2. The normalized spacial score (nSPS) is 11.0. The molecule has 0 aliphatic rings. The molecule has 0 aliphatic heterocycles. The summed E-state index contributed by atoms with van der Waals surface area (Å²) in [6, 6.07) is 5.75. The molecule has 7 heteroatoms. The van der Waals surface area contributed by atoms with E-state index in [9.17, 15) is 13.2 Å². The third kappa shape index (κ3) is 5.41. The van der Waals surface area contributed by atoms with Crippen LogP contribution in [-0.2, 0) is 23.8 Å². The van der Waals surface area contributed by atoms with Crippen LogP contribution in [0, 0.1) is 0 Å². The lowest BCUT2D eigenvalue weighted by atomic mass is 10.3. The summed E-state index contributed by atoms with van der Waals surface area (Å²) in [5, 5.41) is 0. The molecule has 0 saturated carbocycles. The highest BCUT2D eigenvalue weighted by Crippen LogP contribution is 2.14. The number of carbonyl (C=O) groups excluding carboxylic acids is 1. The average molecular weight is 299 g/mol. The van der Waals surface area contributed by atoms with Gasteiger partial charge in [0.15, 0.2) is 0 Å². The van der Waals surface area contributed by atoms with Crippen molar-refractivity contribution in [2.45, 2.75) is 17.7 Å². The largest absolute Gasteiger partial charge is 0.463 e. The third-order valence-electron chi connectivity index (χ3n) is 2.36. The van der Waals surface area contributed by atoms with Crippen molar-refractivity contribution in [2.75, 3.05) is 18.9 Å². The summed E-state index contributed by atoms with van der Waals surface area (Å²) >= 11 is 0. The fourth-order valence-electron chi connectivity index (χ4n) is 1.31. The zero-order valence-corrected chi connectivity index (χ0v) is 11.8. The van der Waals surface area contributed by atoms with Crippen LogP contribution in [-0.4, -0.2) is 27.6 Å². The number of ether oxygens (including phenoxy) is 1. The molecule has 0 saturated heterocycles. The van der Waals surface area contributed by atoms with E-state index in [4.69, 9.17) is 14.7 Å². The molecule has 6 nitrogen and oxygen atoms in total. The highest BCUT2D eigenvalue weighted by Gasteiger charge is 2.14. The Morgan fingerprint density at radius 2 is 1.80 bits per heavy atom. The monoisotopic (exact) mass is 299 g/mol. The summed E-state index contributed by atoms with van der Waals surface area (Å²) in [5.41, 5.74) is 5.96. The molecule has 1 aromatic rings. The van der Waals surface area contributed by atoms with Crippen molar-refractivity contribution in [1.82, 2.24) is 0 Å². The molecule has 0 atom stereocenters. The van der Waals surface area contributed by atoms with Crippen LogP contribution in [0.25, 0.3) is 0 Å². The first-order chi connectivity index (χ1) is 9.45. The Morgan fingerprint density at radius 1 is 1.20 bits per heavy atom. The van der Waals surface area contributed by atoms with E-state index in [0.717, 1.165) is 6.08 Å². The average Bonchev–Trinajstić information content (AvgIpc) is 2.42. The number of rotatable bonds is 8. The molecule has 1 rings (SSSR count). The van der Waals surface area contributed by atoms with E-state index in [-0.39, 0.29) is 18.1 Å². The SMILES string of the molecule is C=CC(=O)OCCCCOS(=O)(=O)c1ccc(N)cc1. The van der Waals surface area contributed by atoms with E-state index in [1.807, 2.05) is 0 Å².